The van der Waals surface area contributed by atoms with E-state index in [1.807, 2.05) is 6.92 Å². The van der Waals surface area contributed by atoms with Gasteiger partial charge in [-0.2, -0.15) is 0 Å². The van der Waals surface area contributed by atoms with Crippen molar-refractivity contribution in [2.45, 2.75) is 45.1 Å². The fourth-order valence-corrected chi connectivity index (χ4v) is 1.97. The summed E-state index contributed by atoms with van der Waals surface area (Å²) in [6, 6.07) is 1.67. The maximum Gasteiger partial charge on any atom is 0.183 e. The third kappa shape index (κ3) is 2.67. The minimum Gasteiger partial charge on any atom is -0.487 e. The molecule has 0 atom stereocenters. The topological polar surface area (TPSA) is 22.1 Å². The highest BCUT2D eigenvalue weighted by molar-refractivity contribution is 5.24. The van der Waals surface area contributed by atoms with Crippen LogP contribution in [0.4, 0.5) is 4.39 Å². The van der Waals surface area contributed by atoms with Crippen molar-refractivity contribution >= 4 is 0 Å². The van der Waals surface area contributed by atoms with Crippen molar-refractivity contribution in [1.29, 1.82) is 0 Å². The summed E-state index contributed by atoms with van der Waals surface area (Å²) in [6.45, 7) is 1.84. The zero-order valence-corrected chi connectivity index (χ0v) is 9.00. The van der Waals surface area contributed by atoms with Gasteiger partial charge in [-0.15, -0.1) is 0 Å². The SMILES string of the molecule is Cc1cc(OC2CCCCC2)c(F)cn1. The summed E-state index contributed by atoms with van der Waals surface area (Å²) in [6.07, 6.45) is 7.16. The van der Waals surface area contributed by atoms with Gasteiger partial charge in [0.1, 0.15) is 0 Å². The normalized spacial score (nSPS) is 17.7. The predicted octanol–water partition coefficient (Wildman–Crippen LogP) is 3.24. The Morgan fingerprint density at radius 2 is 2.07 bits per heavy atom. The first-order valence-corrected chi connectivity index (χ1v) is 5.54. The third-order valence-corrected chi connectivity index (χ3v) is 2.80. The van der Waals surface area contributed by atoms with Gasteiger partial charge in [0.2, 0.25) is 0 Å². The van der Waals surface area contributed by atoms with Crippen LogP contribution in [0.3, 0.4) is 0 Å². The van der Waals surface area contributed by atoms with E-state index in [1.165, 1.54) is 25.5 Å². The molecule has 1 saturated carbocycles. The fourth-order valence-electron chi connectivity index (χ4n) is 1.97. The van der Waals surface area contributed by atoms with Gasteiger partial charge >= 0.3 is 0 Å². The first-order valence-electron chi connectivity index (χ1n) is 5.54. The summed E-state index contributed by atoms with van der Waals surface area (Å²) in [5.74, 6) is 0.000531. The molecule has 0 bridgehead atoms. The molecule has 0 aromatic carbocycles. The summed E-state index contributed by atoms with van der Waals surface area (Å²) in [7, 11) is 0. The molecule has 0 spiro atoms. The minimum absolute atomic E-state index is 0.190. The molecule has 1 aliphatic rings. The van der Waals surface area contributed by atoms with Crippen LogP contribution in [-0.2, 0) is 0 Å². The zero-order chi connectivity index (χ0) is 10.7. The van der Waals surface area contributed by atoms with Crippen molar-refractivity contribution < 1.29 is 9.13 Å². The van der Waals surface area contributed by atoms with E-state index in [4.69, 9.17) is 4.74 Å². The molecule has 0 radical (unpaired) electrons. The third-order valence-electron chi connectivity index (χ3n) is 2.80. The number of aryl methyl sites for hydroxylation is 1. The average Bonchev–Trinajstić information content (AvgIpc) is 2.25. The molecular weight excluding hydrogens is 193 g/mol. The summed E-state index contributed by atoms with van der Waals surface area (Å²) in [5.41, 5.74) is 0.794. The molecule has 0 N–H and O–H groups in total. The maximum atomic E-state index is 13.3. The van der Waals surface area contributed by atoms with Crippen LogP contribution in [0.1, 0.15) is 37.8 Å². The van der Waals surface area contributed by atoms with Crippen LogP contribution >= 0.6 is 0 Å². The zero-order valence-electron chi connectivity index (χ0n) is 9.00. The molecule has 1 heterocycles. The van der Waals surface area contributed by atoms with Crippen LogP contribution in [0, 0.1) is 12.7 Å². The molecule has 0 saturated heterocycles. The largest absolute Gasteiger partial charge is 0.487 e. The summed E-state index contributed by atoms with van der Waals surface area (Å²) in [5, 5.41) is 0. The van der Waals surface area contributed by atoms with Crippen molar-refractivity contribution in [3.8, 4) is 5.75 Å². The van der Waals surface area contributed by atoms with Crippen molar-refractivity contribution in [2.24, 2.45) is 0 Å². The summed E-state index contributed by atoms with van der Waals surface area (Å²) < 4.78 is 19.0. The lowest BCUT2D eigenvalue weighted by molar-refractivity contribution is 0.148. The van der Waals surface area contributed by atoms with E-state index in [0.29, 0.717) is 5.75 Å². The van der Waals surface area contributed by atoms with Gasteiger partial charge in [-0.05, 0) is 32.6 Å². The van der Waals surface area contributed by atoms with Crippen LogP contribution in [0.2, 0.25) is 0 Å². The standard InChI is InChI=1S/C12H16FNO/c1-9-7-12(11(13)8-14-9)15-10-5-3-2-4-6-10/h7-8,10H,2-6H2,1H3. The predicted molar refractivity (Wildman–Crippen MR) is 56.4 cm³/mol. The lowest BCUT2D eigenvalue weighted by atomic mass is 9.98. The van der Waals surface area contributed by atoms with Gasteiger partial charge in [0.05, 0.1) is 12.3 Å². The van der Waals surface area contributed by atoms with E-state index in [9.17, 15) is 4.39 Å². The molecule has 3 heteroatoms. The van der Waals surface area contributed by atoms with Crippen molar-refractivity contribution in [3.05, 3.63) is 23.8 Å². The lowest BCUT2D eigenvalue weighted by Crippen LogP contribution is -2.20. The number of nitrogens with zero attached hydrogens (tertiary/aromatic N) is 1. The fraction of sp³-hybridized carbons (Fsp3) is 0.583. The van der Waals surface area contributed by atoms with E-state index in [2.05, 4.69) is 4.98 Å². The highest BCUT2D eigenvalue weighted by Crippen LogP contribution is 2.25. The molecule has 1 aliphatic carbocycles. The van der Waals surface area contributed by atoms with Gasteiger partial charge in [0.25, 0.3) is 0 Å². The summed E-state index contributed by atoms with van der Waals surface area (Å²) in [4.78, 5) is 3.88. The van der Waals surface area contributed by atoms with E-state index < -0.39 is 0 Å². The Morgan fingerprint density at radius 3 is 2.80 bits per heavy atom. The molecule has 2 rings (SSSR count). The van der Waals surface area contributed by atoms with Crippen LogP contribution in [-0.4, -0.2) is 11.1 Å². The second kappa shape index (κ2) is 4.60. The number of rotatable bonds is 2. The smallest absolute Gasteiger partial charge is 0.183 e. The molecule has 15 heavy (non-hydrogen) atoms. The molecule has 0 unspecified atom stereocenters. The molecule has 0 aliphatic heterocycles. The van der Waals surface area contributed by atoms with Gasteiger partial charge in [0, 0.05) is 11.8 Å². The number of ether oxygens (including phenoxy) is 1. The molecule has 1 aromatic heterocycles. The number of halogens is 1. The number of hydrogen-bond acceptors (Lipinski definition) is 2. The quantitative estimate of drug-likeness (QED) is 0.746. The highest BCUT2D eigenvalue weighted by atomic mass is 19.1. The Morgan fingerprint density at radius 1 is 1.33 bits per heavy atom. The minimum atomic E-state index is -0.355. The van der Waals surface area contributed by atoms with Crippen molar-refractivity contribution in [2.75, 3.05) is 0 Å². The summed E-state index contributed by atoms with van der Waals surface area (Å²) >= 11 is 0. The Kier molecular flexibility index (Phi) is 3.19. The van der Waals surface area contributed by atoms with Crippen LogP contribution in [0.25, 0.3) is 0 Å². The second-order valence-corrected chi connectivity index (χ2v) is 4.13. The van der Waals surface area contributed by atoms with E-state index in [0.717, 1.165) is 18.5 Å². The molecular formula is C12H16FNO. The van der Waals surface area contributed by atoms with Crippen molar-refractivity contribution in [3.63, 3.8) is 0 Å². The lowest BCUT2D eigenvalue weighted by Gasteiger charge is -2.23. The van der Waals surface area contributed by atoms with Crippen molar-refractivity contribution in [1.82, 2.24) is 4.98 Å². The Bertz CT molecular complexity index is 334. The van der Waals surface area contributed by atoms with E-state index >= 15 is 0 Å². The Hall–Kier alpha value is -1.12. The number of pyridine rings is 1. The van der Waals surface area contributed by atoms with Crippen LogP contribution < -0.4 is 4.74 Å². The monoisotopic (exact) mass is 209 g/mol. The van der Waals surface area contributed by atoms with Crippen LogP contribution in [0.5, 0.6) is 5.75 Å². The van der Waals surface area contributed by atoms with Gasteiger partial charge in [0.15, 0.2) is 11.6 Å². The molecule has 82 valence electrons. The number of hydrogen-bond donors (Lipinski definition) is 0. The van der Waals surface area contributed by atoms with E-state index in [-0.39, 0.29) is 11.9 Å². The Balaban J connectivity index is 2.05. The first-order chi connectivity index (χ1) is 7.25. The average molecular weight is 209 g/mol. The van der Waals surface area contributed by atoms with Gasteiger partial charge in [-0.1, -0.05) is 6.42 Å². The van der Waals surface area contributed by atoms with Gasteiger partial charge in [-0.25, -0.2) is 4.39 Å². The molecule has 1 aromatic rings. The molecule has 1 fully saturated rings. The molecule has 2 nitrogen and oxygen atoms in total. The second-order valence-electron chi connectivity index (χ2n) is 4.13. The molecule has 0 amide bonds. The van der Waals surface area contributed by atoms with Crippen LogP contribution in [0.15, 0.2) is 12.3 Å². The van der Waals surface area contributed by atoms with E-state index in [1.54, 1.807) is 6.07 Å². The first kappa shape index (κ1) is 10.4. The van der Waals surface area contributed by atoms with Gasteiger partial charge < -0.3 is 4.74 Å². The van der Waals surface area contributed by atoms with Gasteiger partial charge in [-0.3, -0.25) is 4.98 Å². The Labute approximate surface area is 89.5 Å². The number of aromatic nitrogens is 1. The maximum absolute atomic E-state index is 13.3. The highest BCUT2D eigenvalue weighted by Gasteiger charge is 2.16.